The van der Waals surface area contributed by atoms with Gasteiger partial charge in [0.2, 0.25) is 0 Å². The van der Waals surface area contributed by atoms with Gasteiger partial charge < -0.3 is 20.1 Å². The van der Waals surface area contributed by atoms with Gasteiger partial charge in [-0.25, -0.2) is 4.79 Å². The zero-order valence-electron chi connectivity index (χ0n) is 12.2. The maximum absolute atomic E-state index is 12.4. The zero-order chi connectivity index (χ0) is 14.8. The summed E-state index contributed by atoms with van der Waals surface area (Å²) in [4.78, 5) is 24.9. The molecular weight excluding hydrogens is 260 g/mol. The number of aliphatic carboxylic acids is 1. The number of carboxylic acids is 1. The number of carboxylic acid groups (broad SMARTS) is 1. The van der Waals surface area contributed by atoms with Crippen LogP contribution in [0.25, 0.3) is 0 Å². The van der Waals surface area contributed by atoms with Crippen LogP contribution in [-0.2, 0) is 9.53 Å². The number of nitrogens with one attached hydrogen (secondary N) is 1. The quantitative estimate of drug-likeness (QED) is 0.821. The summed E-state index contributed by atoms with van der Waals surface area (Å²) in [5.41, 5.74) is -0.512. The van der Waals surface area contributed by atoms with Crippen molar-refractivity contribution in [2.45, 2.75) is 63.6 Å². The van der Waals surface area contributed by atoms with E-state index in [9.17, 15) is 9.59 Å². The Balaban J connectivity index is 1.91. The lowest BCUT2D eigenvalue weighted by atomic mass is 9.98. The van der Waals surface area contributed by atoms with Crippen LogP contribution < -0.4 is 5.32 Å². The summed E-state index contributed by atoms with van der Waals surface area (Å²) in [5.74, 6) is -0.838. The van der Waals surface area contributed by atoms with E-state index in [2.05, 4.69) is 5.32 Å². The average molecular weight is 284 g/mol. The predicted octanol–water partition coefficient (Wildman–Crippen LogP) is 1.59. The number of hydrogen-bond donors (Lipinski definition) is 2. The van der Waals surface area contributed by atoms with Crippen LogP contribution in [0.4, 0.5) is 4.79 Å². The van der Waals surface area contributed by atoms with Gasteiger partial charge in [0.1, 0.15) is 0 Å². The van der Waals surface area contributed by atoms with E-state index in [0.29, 0.717) is 19.6 Å². The molecule has 2 rings (SSSR count). The molecule has 2 N–H and O–H groups in total. The molecule has 2 aliphatic rings. The highest BCUT2D eigenvalue weighted by Gasteiger charge is 2.39. The third-order valence-electron chi connectivity index (χ3n) is 4.15. The Morgan fingerprint density at radius 1 is 1.40 bits per heavy atom. The number of urea groups is 1. The van der Waals surface area contributed by atoms with Crippen molar-refractivity contribution < 1.29 is 19.4 Å². The van der Waals surface area contributed by atoms with E-state index in [1.165, 1.54) is 0 Å². The third kappa shape index (κ3) is 3.62. The maximum atomic E-state index is 12.4. The van der Waals surface area contributed by atoms with Gasteiger partial charge in [-0.15, -0.1) is 0 Å². The van der Waals surface area contributed by atoms with Crippen molar-refractivity contribution in [3.63, 3.8) is 0 Å². The molecule has 0 aromatic rings. The minimum Gasteiger partial charge on any atom is -0.481 e. The third-order valence-corrected chi connectivity index (χ3v) is 4.15. The molecule has 2 amide bonds. The predicted molar refractivity (Wildman–Crippen MR) is 73.6 cm³/mol. The average Bonchev–Trinajstić information content (AvgIpc) is 2.83. The number of carbonyl (C=O) groups is 2. The van der Waals surface area contributed by atoms with E-state index in [1.807, 2.05) is 18.7 Å². The summed E-state index contributed by atoms with van der Waals surface area (Å²) in [6, 6.07) is 0.0830. The molecule has 1 saturated heterocycles. The van der Waals surface area contributed by atoms with Crippen LogP contribution in [0.15, 0.2) is 0 Å². The van der Waals surface area contributed by atoms with Crippen molar-refractivity contribution >= 4 is 12.0 Å². The standard InChI is InChI=1S/C14H24N2O4/c1-14(2,7-6-12(17)18)15-13(19)16-8-9-20-11-5-3-4-10(11)16/h10-11H,3-9H2,1-2H3,(H,15,19)(H,17,18). The van der Waals surface area contributed by atoms with Crippen molar-refractivity contribution in [3.8, 4) is 0 Å². The maximum Gasteiger partial charge on any atom is 0.318 e. The van der Waals surface area contributed by atoms with E-state index >= 15 is 0 Å². The Morgan fingerprint density at radius 3 is 2.85 bits per heavy atom. The Bertz CT molecular complexity index is 383. The highest BCUT2D eigenvalue weighted by Crippen LogP contribution is 2.30. The van der Waals surface area contributed by atoms with Crippen LogP contribution in [0.1, 0.15) is 46.0 Å². The number of amides is 2. The van der Waals surface area contributed by atoms with Crippen LogP contribution in [-0.4, -0.2) is 52.8 Å². The Kier molecular flexibility index (Phi) is 4.52. The van der Waals surface area contributed by atoms with E-state index in [0.717, 1.165) is 19.3 Å². The van der Waals surface area contributed by atoms with E-state index < -0.39 is 11.5 Å². The van der Waals surface area contributed by atoms with E-state index in [1.54, 1.807) is 0 Å². The number of carbonyl (C=O) groups excluding carboxylic acids is 1. The van der Waals surface area contributed by atoms with Crippen molar-refractivity contribution in [3.05, 3.63) is 0 Å². The molecule has 2 atom stereocenters. The normalized spacial score (nSPS) is 26.2. The van der Waals surface area contributed by atoms with Crippen LogP contribution in [0.3, 0.4) is 0 Å². The van der Waals surface area contributed by atoms with Crippen LogP contribution in [0.2, 0.25) is 0 Å². The highest BCUT2D eigenvalue weighted by atomic mass is 16.5. The molecule has 0 radical (unpaired) electrons. The molecule has 0 aromatic carbocycles. The first-order valence-corrected chi connectivity index (χ1v) is 7.31. The second kappa shape index (κ2) is 5.99. The van der Waals surface area contributed by atoms with Crippen LogP contribution >= 0.6 is 0 Å². The van der Waals surface area contributed by atoms with Crippen molar-refractivity contribution in [2.75, 3.05) is 13.2 Å². The first kappa shape index (κ1) is 15.1. The molecule has 0 bridgehead atoms. The summed E-state index contributed by atoms with van der Waals surface area (Å²) in [7, 11) is 0. The van der Waals surface area contributed by atoms with Gasteiger partial charge in [-0.05, 0) is 39.5 Å². The summed E-state index contributed by atoms with van der Waals surface area (Å²) in [6.07, 6.45) is 3.78. The molecule has 6 heteroatoms. The van der Waals surface area contributed by atoms with Gasteiger partial charge in [-0.1, -0.05) is 0 Å². The van der Waals surface area contributed by atoms with Gasteiger partial charge in [0, 0.05) is 18.5 Å². The fourth-order valence-electron chi connectivity index (χ4n) is 3.02. The molecule has 0 spiro atoms. The van der Waals surface area contributed by atoms with Gasteiger partial charge in [0.25, 0.3) is 0 Å². The first-order chi connectivity index (χ1) is 9.39. The fraction of sp³-hybridized carbons (Fsp3) is 0.857. The van der Waals surface area contributed by atoms with Gasteiger partial charge in [0.15, 0.2) is 0 Å². The van der Waals surface area contributed by atoms with Crippen molar-refractivity contribution in [1.82, 2.24) is 10.2 Å². The number of hydrogen-bond acceptors (Lipinski definition) is 3. The van der Waals surface area contributed by atoms with Crippen LogP contribution in [0, 0.1) is 0 Å². The van der Waals surface area contributed by atoms with Crippen molar-refractivity contribution in [1.29, 1.82) is 0 Å². The largest absolute Gasteiger partial charge is 0.481 e. The smallest absolute Gasteiger partial charge is 0.318 e. The lowest BCUT2D eigenvalue weighted by molar-refractivity contribution is -0.137. The van der Waals surface area contributed by atoms with Gasteiger partial charge >= 0.3 is 12.0 Å². The Morgan fingerprint density at radius 2 is 2.15 bits per heavy atom. The summed E-state index contributed by atoms with van der Waals surface area (Å²) < 4.78 is 5.69. The van der Waals surface area contributed by atoms with Crippen LogP contribution in [0.5, 0.6) is 0 Å². The lowest BCUT2D eigenvalue weighted by Crippen LogP contribution is -2.58. The Labute approximate surface area is 119 Å². The molecule has 1 saturated carbocycles. The van der Waals surface area contributed by atoms with Gasteiger partial charge in [-0.3, -0.25) is 4.79 Å². The molecule has 1 aliphatic heterocycles. The second-order valence-corrected chi connectivity index (χ2v) is 6.31. The molecule has 0 aromatic heterocycles. The van der Waals surface area contributed by atoms with Gasteiger partial charge in [-0.2, -0.15) is 0 Å². The Hall–Kier alpha value is -1.30. The monoisotopic (exact) mass is 284 g/mol. The molecule has 20 heavy (non-hydrogen) atoms. The zero-order valence-corrected chi connectivity index (χ0v) is 12.2. The summed E-state index contributed by atoms with van der Waals surface area (Å²) in [6.45, 7) is 4.92. The van der Waals surface area contributed by atoms with E-state index in [-0.39, 0.29) is 24.6 Å². The molecule has 114 valence electrons. The number of rotatable bonds is 4. The number of morpholine rings is 1. The number of ether oxygens (including phenoxy) is 1. The second-order valence-electron chi connectivity index (χ2n) is 6.31. The highest BCUT2D eigenvalue weighted by molar-refractivity contribution is 5.76. The molecule has 1 aliphatic carbocycles. The molecule has 2 unspecified atom stereocenters. The number of fused-ring (bicyclic) bond motifs is 1. The summed E-state index contributed by atoms with van der Waals surface area (Å²) in [5, 5.41) is 11.7. The lowest BCUT2D eigenvalue weighted by Gasteiger charge is -2.39. The minimum atomic E-state index is -0.838. The topological polar surface area (TPSA) is 78.9 Å². The first-order valence-electron chi connectivity index (χ1n) is 7.31. The minimum absolute atomic E-state index is 0.0580. The molecule has 1 heterocycles. The van der Waals surface area contributed by atoms with E-state index in [4.69, 9.17) is 9.84 Å². The van der Waals surface area contributed by atoms with Crippen molar-refractivity contribution in [2.24, 2.45) is 0 Å². The summed E-state index contributed by atoms with van der Waals surface area (Å²) >= 11 is 0. The fourth-order valence-corrected chi connectivity index (χ4v) is 3.02. The molecule has 6 nitrogen and oxygen atoms in total. The molecule has 2 fully saturated rings. The number of nitrogens with zero attached hydrogens (tertiary/aromatic N) is 1. The van der Waals surface area contributed by atoms with Gasteiger partial charge in [0.05, 0.1) is 18.8 Å². The molecular formula is C14H24N2O4. The SMILES string of the molecule is CC(C)(CCC(=O)O)NC(=O)N1CCOC2CCCC21.